The standard InChI is InChI=1S/C20H24ClFN2O2/c21-16-3-1-4-17(22)15(16)11-18(25)24-10-8-20(13-24)7-2-9-23(19(20)26)12-14-5-6-14/h1,3-4,14H,2,5-13H2. The summed E-state index contributed by atoms with van der Waals surface area (Å²) in [5.74, 6) is 0.288. The van der Waals surface area contributed by atoms with Gasteiger partial charge < -0.3 is 9.80 Å². The molecule has 6 heteroatoms. The van der Waals surface area contributed by atoms with E-state index < -0.39 is 11.2 Å². The highest BCUT2D eigenvalue weighted by Crippen LogP contribution is 2.42. The smallest absolute Gasteiger partial charge is 0.230 e. The lowest BCUT2D eigenvalue weighted by atomic mass is 9.78. The molecule has 1 aromatic rings. The van der Waals surface area contributed by atoms with Crippen LogP contribution in [-0.2, 0) is 16.0 Å². The second-order valence-corrected chi connectivity index (χ2v) is 8.43. The van der Waals surface area contributed by atoms with Gasteiger partial charge in [0.25, 0.3) is 0 Å². The third kappa shape index (κ3) is 3.34. The van der Waals surface area contributed by atoms with E-state index in [0.717, 1.165) is 25.9 Å². The zero-order valence-corrected chi connectivity index (χ0v) is 15.6. The van der Waals surface area contributed by atoms with Crippen LogP contribution in [0.4, 0.5) is 4.39 Å². The molecule has 26 heavy (non-hydrogen) atoms. The predicted molar refractivity (Wildman–Crippen MR) is 97.3 cm³/mol. The first-order chi connectivity index (χ1) is 12.5. The fraction of sp³-hybridized carbons (Fsp3) is 0.600. The summed E-state index contributed by atoms with van der Waals surface area (Å²) >= 11 is 6.05. The summed E-state index contributed by atoms with van der Waals surface area (Å²) in [5, 5.41) is 0.275. The maximum absolute atomic E-state index is 14.0. The molecule has 2 amide bonds. The van der Waals surface area contributed by atoms with Gasteiger partial charge in [-0.25, -0.2) is 4.39 Å². The van der Waals surface area contributed by atoms with Crippen LogP contribution in [0.25, 0.3) is 0 Å². The fourth-order valence-corrected chi connectivity index (χ4v) is 4.60. The van der Waals surface area contributed by atoms with Crippen LogP contribution < -0.4 is 0 Å². The van der Waals surface area contributed by atoms with Gasteiger partial charge in [-0.2, -0.15) is 0 Å². The molecule has 2 heterocycles. The van der Waals surface area contributed by atoms with Crippen LogP contribution >= 0.6 is 11.6 Å². The summed E-state index contributed by atoms with van der Waals surface area (Å²) in [5.41, 5.74) is -0.188. The number of nitrogens with zero attached hydrogens (tertiary/aromatic N) is 2. The molecule has 1 spiro atoms. The Morgan fingerprint density at radius 1 is 1.27 bits per heavy atom. The van der Waals surface area contributed by atoms with Gasteiger partial charge in [-0.05, 0) is 50.2 Å². The number of halogens is 2. The van der Waals surface area contributed by atoms with Crippen LogP contribution in [0.1, 0.15) is 37.7 Å². The largest absolute Gasteiger partial charge is 0.342 e. The van der Waals surface area contributed by atoms with Crippen LogP contribution in [0, 0.1) is 17.2 Å². The first kappa shape index (κ1) is 17.8. The van der Waals surface area contributed by atoms with Crippen LogP contribution in [0.5, 0.6) is 0 Å². The number of likely N-dealkylation sites (tertiary alicyclic amines) is 2. The van der Waals surface area contributed by atoms with Crippen LogP contribution in [0.15, 0.2) is 18.2 Å². The van der Waals surface area contributed by atoms with Crippen molar-refractivity contribution in [3.05, 3.63) is 34.6 Å². The van der Waals surface area contributed by atoms with E-state index in [9.17, 15) is 14.0 Å². The number of piperidine rings is 1. The maximum atomic E-state index is 14.0. The Labute approximate surface area is 158 Å². The summed E-state index contributed by atoms with van der Waals surface area (Å²) < 4.78 is 14.0. The second kappa shape index (κ2) is 6.84. The fourth-order valence-electron chi connectivity index (χ4n) is 4.37. The molecule has 0 aromatic heterocycles. The molecular weight excluding hydrogens is 355 g/mol. The number of carbonyl (C=O) groups is 2. The highest BCUT2D eigenvalue weighted by atomic mass is 35.5. The first-order valence-corrected chi connectivity index (χ1v) is 9.86. The summed E-state index contributed by atoms with van der Waals surface area (Å²) in [6, 6.07) is 4.45. The molecule has 1 aliphatic carbocycles. The normalized spacial score (nSPS) is 26.0. The molecule has 2 aliphatic heterocycles. The Kier molecular flexibility index (Phi) is 4.68. The quantitative estimate of drug-likeness (QED) is 0.806. The van der Waals surface area contributed by atoms with Crippen LogP contribution in [0.3, 0.4) is 0 Å². The van der Waals surface area contributed by atoms with Crippen molar-refractivity contribution in [2.24, 2.45) is 11.3 Å². The maximum Gasteiger partial charge on any atom is 0.230 e. The number of carbonyl (C=O) groups excluding carboxylic acids is 2. The summed E-state index contributed by atoms with van der Waals surface area (Å²) in [4.78, 5) is 29.5. The molecule has 3 fully saturated rings. The van der Waals surface area contributed by atoms with Crippen molar-refractivity contribution in [1.29, 1.82) is 0 Å². The van der Waals surface area contributed by atoms with Crippen molar-refractivity contribution >= 4 is 23.4 Å². The minimum absolute atomic E-state index is 0.0540. The molecule has 0 N–H and O–H groups in total. The highest BCUT2D eigenvalue weighted by molar-refractivity contribution is 6.31. The number of benzene rings is 1. The Hall–Kier alpha value is -1.62. The van der Waals surface area contributed by atoms with Crippen molar-refractivity contribution in [3.8, 4) is 0 Å². The second-order valence-electron chi connectivity index (χ2n) is 8.02. The monoisotopic (exact) mass is 378 g/mol. The van der Waals surface area contributed by atoms with Gasteiger partial charge in [-0.1, -0.05) is 17.7 Å². The van der Waals surface area contributed by atoms with Gasteiger partial charge in [-0.15, -0.1) is 0 Å². The van der Waals surface area contributed by atoms with E-state index in [-0.39, 0.29) is 28.8 Å². The lowest BCUT2D eigenvalue weighted by Crippen LogP contribution is -2.51. The van der Waals surface area contributed by atoms with Crippen molar-refractivity contribution in [2.75, 3.05) is 26.2 Å². The van der Waals surface area contributed by atoms with E-state index >= 15 is 0 Å². The Balaban J connectivity index is 1.44. The summed E-state index contributed by atoms with van der Waals surface area (Å²) in [7, 11) is 0. The first-order valence-electron chi connectivity index (χ1n) is 9.48. The van der Waals surface area contributed by atoms with Crippen LogP contribution in [-0.4, -0.2) is 47.8 Å². The van der Waals surface area contributed by atoms with Gasteiger partial charge in [0.15, 0.2) is 0 Å². The Morgan fingerprint density at radius 2 is 2.08 bits per heavy atom. The minimum atomic E-state index is -0.455. The van der Waals surface area contributed by atoms with Gasteiger partial charge in [-0.3, -0.25) is 9.59 Å². The van der Waals surface area contributed by atoms with Crippen molar-refractivity contribution in [2.45, 2.75) is 38.5 Å². The topological polar surface area (TPSA) is 40.6 Å². The molecule has 1 saturated carbocycles. The molecule has 4 nitrogen and oxygen atoms in total. The molecule has 1 atom stereocenters. The number of hydrogen-bond donors (Lipinski definition) is 0. The molecule has 4 rings (SSSR count). The lowest BCUT2D eigenvalue weighted by Gasteiger charge is -2.39. The van der Waals surface area contributed by atoms with Crippen LogP contribution in [0.2, 0.25) is 5.02 Å². The van der Waals surface area contributed by atoms with E-state index in [1.807, 2.05) is 4.90 Å². The van der Waals surface area contributed by atoms with Gasteiger partial charge in [0, 0.05) is 36.8 Å². The summed E-state index contributed by atoms with van der Waals surface area (Å²) in [6.07, 6.45) is 4.96. The molecule has 140 valence electrons. The molecule has 1 aromatic carbocycles. The highest BCUT2D eigenvalue weighted by Gasteiger charge is 2.49. The molecule has 0 radical (unpaired) electrons. The van der Waals surface area contributed by atoms with Crippen molar-refractivity contribution in [1.82, 2.24) is 9.80 Å². The predicted octanol–water partition coefficient (Wildman–Crippen LogP) is 3.27. The van der Waals surface area contributed by atoms with E-state index in [1.54, 1.807) is 11.0 Å². The van der Waals surface area contributed by atoms with E-state index in [1.165, 1.54) is 25.0 Å². The zero-order chi connectivity index (χ0) is 18.3. The minimum Gasteiger partial charge on any atom is -0.342 e. The Morgan fingerprint density at radius 3 is 2.81 bits per heavy atom. The van der Waals surface area contributed by atoms with Gasteiger partial charge >= 0.3 is 0 Å². The lowest BCUT2D eigenvalue weighted by molar-refractivity contribution is -0.146. The molecule has 1 unspecified atom stereocenters. The van der Waals surface area contributed by atoms with Gasteiger partial charge in [0.05, 0.1) is 11.8 Å². The van der Waals surface area contributed by atoms with Gasteiger partial charge in [0.1, 0.15) is 5.82 Å². The molecular formula is C20H24ClFN2O2. The van der Waals surface area contributed by atoms with E-state index in [4.69, 9.17) is 11.6 Å². The third-order valence-corrected chi connectivity index (χ3v) is 6.45. The average molecular weight is 379 g/mol. The Bertz CT molecular complexity index is 716. The summed E-state index contributed by atoms with van der Waals surface area (Å²) in [6.45, 7) is 2.74. The third-order valence-electron chi connectivity index (χ3n) is 6.10. The van der Waals surface area contributed by atoms with E-state index in [2.05, 4.69) is 0 Å². The molecule has 2 saturated heterocycles. The van der Waals surface area contributed by atoms with Crippen molar-refractivity contribution in [3.63, 3.8) is 0 Å². The molecule has 3 aliphatic rings. The van der Waals surface area contributed by atoms with E-state index in [0.29, 0.717) is 25.4 Å². The molecule has 0 bridgehead atoms. The average Bonchev–Trinajstić information content (AvgIpc) is 3.33. The number of hydrogen-bond acceptors (Lipinski definition) is 2. The number of rotatable bonds is 4. The number of amides is 2. The van der Waals surface area contributed by atoms with Crippen molar-refractivity contribution < 1.29 is 14.0 Å². The SMILES string of the molecule is O=C(Cc1c(F)cccc1Cl)N1CCC2(CCCN(CC3CC3)C2=O)C1. The zero-order valence-electron chi connectivity index (χ0n) is 14.8. The van der Waals surface area contributed by atoms with Gasteiger partial charge in [0.2, 0.25) is 11.8 Å².